The zero-order valence-corrected chi connectivity index (χ0v) is 55.5. The third-order valence-electron chi connectivity index (χ3n) is 16.3. The third kappa shape index (κ3) is 18.1. The van der Waals surface area contributed by atoms with E-state index in [1.807, 2.05) is 53.7 Å². The smallest absolute Gasteiger partial charge is 0.326 e. The van der Waals surface area contributed by atoms with Gasteiger partial charge in [0.1, 0.15) is 23.0 Å². The number of hydrogen-bond donors (Lipinski definition) is 2. The second-order valence-electron chi connectivity index (χ2n) is 28.1. The first kappa shape index (κ1) is 69.1. The predicted molar refractivity (Wildman–Crippen MR) is 330 cm³/mol. The number of rotatable bonds is 22. The number of aromatic nitrogens is 2. The summed E-state index contributed by atoms with van der Waals surface area (Å²) in [4.78, 5) is 65.2. The number of aryl methyl sites for hydroxylation is 2. The van der Waals surface area contributed by atoms with Gasteiger partial charge in [0.2, 0.25) is 0 Å². The monoisotopic (exact) mass is 1210 g/mol. The van der Waals surface area contributed by atoms with Gasteiger partial charge in [-0.1, -0.05) is 38.5 Å². The molecule has 2 aromatic heterocycles. The highest BCUT2D eigenvalue weighted by atomic mass is 31.1. The van der Waals surface area contributed by atoms with Gasteiger partial charge < -0.3 is 38.6 Å². The number of pyridine rings is 2. The summed E-state index contributed by atoms with van der Waals surface area (Å²) in [5.74, 6) is -6.49. The molecule has 0 atom stereocenters. The van der Waals surface area contributed by atoms with Crippen molar-refractivity contribution in [3.05, 3.63) is 104 Å². The van der Waals surface area contributed by atoms with Crippen LogP contribution in [0.4, 0.5) is 0 Å². The van der Waals surface area contributed by atoms with Crippen LogP contribution in [0.3, 0.4) is 0 Å². The Morgan fingerprint density at radius 1 is 0.465 bits per heavy atom. The molecule has 0 saturated heterocycles. The highest BCUT2D eigenvalue weighted by Gasteiger charge is 2.48. The molecule has 6 rings (SSSR count). The van der Waals surface area contributed by atoms with E-state index in [1.165, 1.54) is 0 Å². The van der Waals surface area contributed by atoms with Crippen LogP contribution in [-0.4, -0.2) is 82.1 Å². The van der Waals surface area contributed by atoms with Crippen molar-refractivity contribution in [1.82, 2.24) is 9.97 Å². The Hall–Kier alpha value is -6.03. The van der Waals surface area contributed by atoms with Gasteiger partial charge in [-0.25, -0.2) is 0 Å². The fourth-order valence-corrected chi connectivity index (χ4v) is 11.5. The number of hydrogen-bond acceptors (Lipinski definition) is 17. The number of benzene rings is 2. The van der Waals surface area contributed by atoms with Crippen LogP contribution < -0.4 is 9.47 Å². The summed E-state index contributed by atoms with van der Waals surface area (Å²) in [6.45, 7) is 28.0. The largest absolute Gasteiger partial charge is 0.506 e. The lowest BCUT2D eigenvalue weighted by Gasteiger charge is -2.38. The van der Waals surface area contributed by atoms with Gasteiger partial charge >= 0.3 is 32.1 Å². The molecule has 2 aliphatic carbocycles. The van der Waals surface area contributed by atoms with Crippen molar-refractivity contribution in [3.63, 3.8) is 0 Å². The van der Waals surface area contributed by atoms with Crippen molar-refractivity contribution in [1.29, 1.82) is 0 Å². The molecular weight excluding hydrogens is 1120 g/mol. The maximum atomic E-state index is 15.5. The van der Waals surface area contributed by atoms with E-state index >= 15 is 4.57 Å². The molecule has 86 heavy (non-hydrogen) atoms. The van der Waals surface area contributed by atoms with Gasteiger partial charge in [-0.2, -0.15) is 0 Å². The van der Waals surface area contributed by atoms with E-state index in [0.717, 1.165) is 109 Å². The molecule has 2 aromatic carbocycles. The van der Waals surface area contributed by atoms with Gasteiger partial charge in [-0.3, -0.25) is 42.8 Å². The zero-order chi connectivity index (χ0) is 63.9. The van der Waals surface area contributed by atoms with E-state index in [-0.39, 0.29) is 34.8 Å². The molecule has 0 radical (unpaired) electrons. The van der Waals surface area contributed by atoms with Crippen molar-refractivity contribution < 1.29 is 71.4 Å². The van der Waals surface area contributed by atoms with E-state index in [1.54, 1.807) is 107 Å². The predicted octanol–water partition coefficient (Wildman–Crippen LogP) is 14.6. The molecule has 0 unspecified atom stereocenters. The Kier molecular flexibility index (Phi) is 22.5. The van der Waals surface area contributed by atoms with E-state index in [2.05, 4.69) is 0 Å². The molecule has 0 aliphatic heterocycles. The lowest BCUT2D eigenvalue weighted by atomic mass is 9.86. The molecule has 0 bridgehead atoms. The molecule has 18 heteroatoms. The van der Waals surface area contributed by atoms with Crippen molar-refractivity contribution in [3.8, 4) is 23.0 Å². The fraction of sp³-hybridized carbons (Fsp3) is 0.618. The van der Waals surface area contributed by atoms with Gasteiger partial charge in [0.05, 0.1) is 33.0 Å². The minimum Gasteiger partial charge on any atom is -0.506 e. The topological polar surface area (TPSA) is 225 Å². The fourth-order valence-electron chi connectivity index (χ4n) is 10.5. The number of carbonyl (C=O) groups is 4. The first-order valence-corrected chi connectivity index (χ1v) is 31.7. The van der Waals surface area contributed by atoms with Gasteiger partial charge in [-0.15, -0.1) is 0 Å². The minimum absolute atomic E-state index is 0.172. The van der Waals surface area contributed by atoms with Crippen LogP contribution >= 0.6 is 8.25 Å². The molecule has 2 aliphatic rings. The van der Waals surface area contributed by atoms with Crippen molar-refractivity contribution in [2.75, 3.05) is 26.4 Å². The van der Waals surface area contributed by atoms with Crippen molar-refractivity contribution in [2.24, 2.45) is 21.7 Å². The number of aromatic hydroxyl groups is 2. The first-order valence-electron chi connectivity index (χ1n) is 30.5. The van der Waals surface area contributed by atoms with Crippen LogP contribution in [0.1, 0.15) is 226 Å². The van der Waals surface area contributed by atoms with Crippen LogP contribution in [0.2, 0.25) is 0 Å². The lowest BCUT2D eigenvalue weighted by molar-refractivity contribution is -0.224. The van der Waals surface area contributed by atoms with E-state index < -0.39 is 91.8 Å². The molecule has 17 nitrogen and oxygen atoms in total. The Bertz CT molecular complexity index is 2850. The average molecular weight is 1210 g/mol. The number of ether oxygens (including phenoxy) is 6. The van der Waals surface area contributed by atoms with Crippen LogP contribution in [0, 0.1) is 63.2 Å². The molecule has 2 saturated carbocycles. The highest BCUT2D eigenvalue weighted by Crippen LogP contribution is 2.44. The summed E-state index contributed by atoms with van der Waals surface area (Å²) in [5.41, 5.74) is 5.03. The molecule has 4 aromatic rings. The number of carbonyl (C=O) groups excluding carboxylic acids is 4. The molecule has 2 N–H and O–H groups in total. The highest BCUT2D eigenvalue weighted by molar-refractivity contribution is 7.33. The van der Waals surface area contributed by atoms with Gasteiger partial charge in [0, 0.05) is 36.1 Å². The maximum Gasteiger partial charge on any atom is 0.326 e. The number of esters is 4. The second kappa shape index (κ2) is 28.0. The van der Waals surface area contributed by atoms with Crippen molar-refractivity contribution >= 4 is 32.1 Å². The number of nitrogens with zero attached hydrogens (tertiary/aromatic N) is 2. The van der Waals surface area contributed by atoms with Crippen LogP contribution in [0.25, 0.3) is 0 Å². The van der Waals surface area contributed by atoms with Gasteiger partial charge in [0.25, 0.3) is 11.6 Å². The minimum atomic E-state index is -4.19. The van der Waals surface area contributed by atoms with E-state index in [4.69, 9.17) is 47.4 Å². The normalized spacial score (nSPS) is 15.1. The molecule has 2 heterocycles. The summed E-state index contributed by atoms with van der Waals surface area (Å²) >= 11 is 0. The van der Waals surface area contributed by atoms with E-state index in [9.17, 15) is 29.4 Å². The molecular formula is C68H97N2O15P. The summed E-state index contributed by atoms with van der Waals surface area (Å²) in [6.07, 6.45) is 11.3. The summed E-state index contributed by atoms with van der Waals surface area (Å²) < 4.78 is 66.1. The summed E-state index contributed by atoms with van der Waals surface area (Å²) in [6, 6.07) is 10.6. The van der Waals surface area contributed by atoms with Gasteiger partial charge in [0.15, 0.2) is 26.4 Å². The first-order chi connectivity index (χ1) is 39.9. The lowest BCUT2D eigenvalue weighted by Crippen LogP contribution is -2.51. The molecule has 0 spiro atoms. The Morgan fingerprint density at radius 3 is 1.03 bits per heavy atom. The zero-order valence-electron chi connectivity index (χ0n) is 54.5. The van der Waals surface area contributed by atoms with E-state index in [0.29, 0.717) is 35.4 Å². The third-order valence-corrected chi connectivity index (χ3v) is 17.4. The Morgan fingerprint density at radius 2 is 0.756 bits per heavy atom. The SMILES string of the molecule is Cc1cc(OC(COC(=O)C(C)(C)C)(COC(=O)C(C)(C)C)O[PH](=O)OC(COC(=O)C(C)(C)C)(COC(=O)C(C)(C)C)Oc2cc(C)c(Cc3ccc(O)c(C4CCCCC4)n3)c(C)c2C)c(C)c(C)c1Cc1ccc(O)c(C2CCCCC2)n1. The summed E-state index contributed by atoms with van der Waals surface area (Å²) in [5, 5.41) is 21.9. The maximum absolute atomic E-state index is 15.5. The van der Waals surface area contributed by atoms with Crippen LogP contribution in [-0.2, 0) is 64.6 Å². The molecule has 2 fully saturated rings. The van der Waals surface area contributed by atoms with Crippen LogP contribution in [0.5, 0.6) is 23.0 Å². The second-order valence-corrected chi connectivity index (χ2v) is 29.0. The Labute approximate surface area is 511 Å². The van der Waals surface area contributed by atoms with Gasteiger partial charge in [-0.05, 0) is 231 Å². The Balaban J connectivity index is 1.46. The quantitative estimate of drug-likeness (QED) is 0.0323. The van der Waals surface area contributed by atoms with Crippen LogP contribution in [0.15, 0.2) is 36.4 Å². The standard InChI is InChI=1S/C68H97N2O15P/c1-41-33-55(45(5)43(3)51(41)35-49-29-31-53(71)57(69-49)47-25-21-19-22-26-47)82-67(37-78-59(73)63(7,8)9,38-79-60(74)64(10,11)12)84-86(77)85-68(39-80-61(75)65(13,14)15,40-81-62(76)66(16,17)18)83-56-34-42(2)52(44(4)46(56)6)36-50-30-32-54(72)58(70-50)48-27-23-20-24-28-48/h29-34,47-48,71-72,86H,19-28,35-40H2,1-18H3. The summed E-state index contributed by atoms with van der Waals surface area (Å²) in [7, 11) is -4.19. The molecule has 0 amide bonds. The van der Waals surface area contributed by atoms with Crippen molar-refractivity contribution in [2.45, 2.75) is 225 Å². The average Bonchev–Trinajstić information content (AvgIpc) is 1.09. The molecule has 474 valence electrons.